The standard InChI is InChI=1S/C5H12O2.4CH4/c1-3-7-5-4-6-2;;;;/h3-5H2,1-2H3;4*1H4. The van der Waals surface area contributed by atoms with Crippen LogP contribution in [0.3, 0.4) is 0 Å². The van der Waals surface area contributed by atoms with Gasteiger partial charge >= 0.3 is 0 Å². The lowest BCUT2D eigenvalue weighted by molar-refractivity contribution is 0.0777. The molecule has 0 saturated carbocycles. The highest BCUT2D eigenvalue weighted by Gasteiger charge is 1.78. The molecule has 76 valence electrons. The van der Waals surface area contributed by atoms with E-state index in [1.807, 2.05) is 6.92 Å². The molecule has 0 bridgehead atoms. The van der Waals surface area contributed by atoms with Crippen molar-refractivity contribution < 1.29 is 9.47 Å². The zero-order valence-corrected chi connectivity index (χ0v) is 4.94. The molecule has 2 heteroatoms. The summed E-state index contributed by atoms with van der Waals surface area (Å²) in [5.41, 5.74) is 0. The highest BCUT2D eigenvalue weighted by molar-refractivity contribution is 4.21. The van der Waals surface area contributed by atoms with Gasteiger partial charge in [0.2, 0.25) is 0 Å². The molecule has 0 N–H and O–H groups in total. The molecule has 0 saturated heterocycles. The van der Waals surface area contributed by atoms with Crippen LogP contribution in [-0.4, -0.2) is 26.9 Å². The predicted octanol–water partition coefficient (Wildman–Crippen LogP) is 3.21. The molecule has 2 nitrogen and oxygen atoms in total. The van der Waals surface area contributed by atoms with Crippen LogP contribution >= 0.6 is 0 Å². The Kier molecular flexibility index (Phi) is 90.9. The van der Waals surface area contributed by atoms with Crippen LogP contribution < -0.4 is 0 Å². The molecule has 0 fully saturated rings. The molecule has 0 atom stereocenters. The third kappa shape index (κ3) is 40.5. The fraction of sp³-hybridized carbons (Fsp3) is 1.00. The zero-order valence-electron chi connectivity index (χ0n) is 4.94. The number of hydrogen-bond acceptors (Lipinski definition) is 2. The number of hydrogen-bond donors (Lipinski definition) is 0. The van der Waals surface area contributed by atoms with E-state index in [1.54, 1.807) is 7.11 Å². The smallest absolute Gasteiger partial charge is 0.0700 e. The van der Waals surface area contributed by atoms with E-state index in [0.29, 0.717) is 13.2 Å². The zero-order chi connectivity index (χ0) is 5.54. The summed E-state index contributed by atoms with van der Waals surface area (Å²) in [6.45, 7) is 4.17. The molecule has 0 heterocycles. The molecule has 0 amide bonds. The van der Waals surface area contributed by atoms with E-state index in [1.165, 1.54) is 0 Å². The van der Waals surface area contributed by atoms with Gasteiger partial charge in [-0.15, -0.1) is 0 Å². The summed E-state index contributed by atoms with van der Waals surface area (Å²) in [4.78, 5) is 0. The Bertz CT molecular complexity index is 26.7. The third-order valence-electron chi connectivity index (χ3n) is 0.636. The number of rotatable bonds is 4. The average molecular weight is 168 g/mol. The highest BCUT2D eigenvalue weighted by atomic mass is 16.5. The molecule has 0 aliphatic rings. The van der Waals surface area contributed by atoms with Gasteiger partial charge in [-0.1, -0.05) is 29.7 Å². The van der Waals surface area contributed by atoms with Crippen LogP contribution in [0, 0.1) is 0 Å². The van der Waals surface area contributed by atoms with E-state index < -0.39 is 0 Å². The Morgan fingerprint density at radius 1 is 0.909 bits per heavy atom. The fourth-order valence-corrected chi connectivity index (χ4v) is 0.287. The van der Waals surface area contributed by atoms with Crippen LogP contribution in [0.2, 0.25) is 0 Å². The van der Waals surface area contributed by atoms with Crippen molar-refractivity contribution in [1.29, 1.82) is 0 Å². The summed E-state index contributed by atoms with van der Waals surface area (Å²) in [5, 5.41) is 0. The first kappa shape index (κ1) is 30.7. The number of methoxy groups -OCH3 is 1. The minimum absolute atomic E-state index is 0. The monoisotopic (exact) mass is 168 g/mol. The molecule has 0 unspecified atom stereocenters. The van der Waals surface area contributed by atoms with Crippen molar-refractivity contribution in [3.8, 4) is 0 Å². The first-order valence-corrected chi connectivity index (χ1v) is 2.48. The van der Waals surface area contributed by atoms with Gasteiger partial charge in [-0.3, -0.25) is 0 Å². The second kappa shape index (κ2) is 32.6. The van der Waals surface area contributed by atoms with Crippen LogP contribution in [0.5, 0.6) is 0 Å². The molecule has 0 aromatic rings. The van der Waals surface area contributed by atoms with Crippen molar-refractivity contribution in [2.75, 3.05) is 26.9 Å². The van der Waals surface area contributed by atoms with Crippen molar-refractivity contribution in [1.82, 2.24) is 0 Å². The van der Waals surface area contributed by atoms with E-state index in [2.05, 4.69) is 0 Å². The molecule has 0 spiro atoms. The maximum absolute atomic E-state index is 4.95. The van der Waals surface area contributed by atoms with Crippen LogP contribution in [0.25, 0.3) is 0 Å². The second-order valence-corrected chi connectivity index (χ2v) is 1.19. The van der Waals surface area contributed by atoms with E-state index in [0.717, 1.165) is 6.61 Å². The SMILES string of the molecule is C.C.C.C.CCOCCOC. The maximum Gasteiger partial charge on any atom is 0.0700 e. The summed E-state index contributed by atoms with van der Waals surface area (Å²) in [6.07, 6.45) is 0. The Balaban J connectivity index is -0.0000000300. The van der Waals surface area contributed by atoms with E-state index in [-0.39, 0.29) is 29.7 Å². The molecule has 0 aromatic carbocycles. The van der Waals surface area contributed by atoms with Crippen molar-refractivity contribution >= 4 is 0 Å². The molecule has 0 radical (unpaired) electrons. The van der Waals surface area contributed by atoms with Gasteiger partial charge in [0, 0.05) is 13.7 Å². The summed E-state index contributed by atoms with van der Waals surface area (Å²) >= 11 is 0. The summed E-state index contributed by atoms with van der Waals surface area (Å²) in [6, 6.07) is 0. The molecule has 11 heavy (non-hydrogen) atoms. The van der Waals surface area contributed by atoms with Crippen molar-refractivity contribution in [3.05, 3.63) is 0 Å². The van der Waals surface area contributed by atoms with Crippen LogP contribution in [-0.2, 0) is 9.47 Å². The van der Waals surface area contributed by atoms with Crippen LogP contribution in [0.4, 0.5) is 0 Å². The molecular formula is C9H28O2. The summed E-state index contributed by atoms with van der Waals surface area (Å²) < 4.78 is 9.67. The van der Waals surface area contributed by atoms with Crippen LogP contribution in [0.1, 0.15) is 36.6 Å². The van der Waals surface area contributed by atoms with Gasteiger partial charge in [0.1, 0.15) is 0 Å². The lowest BCUT2D eigenvalue weighted by atomic mass is 10.7. The topological polar surface area (TPSA) is 18.5 Å². The summed E-state index contributed by atoms with van der Waals surface area (Å²) in [5.74, 6) is 0. The van der Waals surface area contributed by atoms with Crippen LogP contribution in [0.15, 0.2) is 0 Å². The van der Waals surface area contributed by atoms with Gasteiger partial charge < -0.3 is 9.47 Å². The van der Waals surface area contributed by atoms with Crippen molar-refractivity contribution in [2.45, 2.75) is 36.6 Å². The fourth-order valence-electron chi connectivity index (χ4n) is 0.287. The largest absolute Gasteiger partial charge is 0.382 e. The Morgan fingerprint density at radius 2 is 1.36 bits per heavy atom. The molecular weight excluding hydrogens is 140 g/mol. The normalized spacial score (nSPS) is 6.00. The minimum Gasteiger partial charge on any atom is -0.382 e. The first-order valence-electron chi connectivity index (χ1n) is 2.48. The quantitative estimate of drug-likeness (QED) is 0.600. The predicted molar refractivity (Wildman–Crippen MR) is 55.3 cm³/mol. The molecule has 0 aliphatic carbocycles. The molecule has 0 aliphatic heterocycles. The Labute approximate surface area is 73.9 Å². The van der Waals surface area contributed by atoms with Gasteiger partial charge in [0.25, 0.3) is 0 Å². The van der Waals surface area contributed by atoms with Gasteiger partial charge in [-0.2, -0.15) is 0 Å². The lowest BCUT2D eigenvalue weighted by Gasteiger charge is -1.96. The lowest BCUT2D eigenvalue weighted by Crippen LogP contribution is -2.00. The molecule has 0 rings (SSSR count). The van der Waals surface area contributed by atoms with E-state index >= 15 is 0 Å². The van der Waals surface area contributed by atoms with Gasteiger partial charge in [0.05, 0.1) is 13.2 Å². The Morgan fingerprint density at radius 3 is 1.64 bits per heavy atom. The number of ether oxygens (including phenoxy) is 2. The van der Waals surface area contributed by atoms with E-state index in [9.17, 15) is 0 Å². The second-order valence-electron chi connectivity index (χ2n) is 1.19. The van der Waals surface area contributed by atoms with E-state index in [4.69, 9.17) is 9.47 Å². The Hall–Kier alpha value is -0.0800. The van der Waals surface area contributed by atoms with Crippen molar-refractivity contribution in [3.63, 3.8) is 0 Å². The third-order valence-corrected chi connectivity index (χ3v) is 0.636. The average Bonchev–Trinajstić information content (AvgIpc) is 1.69. The highest BCUT2D eigenvalue weighted by Crippen LogP contribution is 1.71. The van der Waals surface area contributed by atoms with Crippen molar-refractivity contribution in [2.24, 2.45) is 0 Å². The summed E-state index contributed by atoms with van der Waals surface area (Å²) in [7, 11) is 1.67. The van der Waals surface area contributed by atoms with Gasteiger partial charge in [-0.25, -0.2) is 0 Å². The first-order chi connectivity index (χ1) is 3.41. The minimum atomic E-state index is 0. The maximum atomic E-state index is 4.95. The van der Waals surface area contributed by atoms with Gasteiger partial charge in [-0.05, 0) is 6.92 Å². The molecule has 0 aromatic heterocycles. The van der Waals surface area contributed by atoms with Gasteiger partial charge in [0.15, 0.2) is 0 Å².